The van der Waals surface area contributed by atoms with Crippen LogP contribution in [0.5, 0.6) is 0 Å². The monoisotopic (exact) mass is 208 g/mol. The van der Waals surface area contributed by atoms with Crippen molar-refractivity contribution >= 4 is 24.6 Å². The van der Waals surface area contributed by atoms with E-state index in [1.807, 2.05) is 0 Å². The molecule has 13 heavy (non-hydrogen) atoms. The van der Waals surface area contributed by atoms with Crippen LogP contribution < -0.4 is 10.9 Å². The fourth-order valence-electron chi connectivity index (χ4n) is 0.473. The number of carboxylic acid groups (broad SMARTS) is 2. The van der Waals surface area contributed by atoms with Gasteiger partial charge in [0.15, 0.2) is 0 Å². The van der Waals surface area contributed by atoms with Crippen LogP contribution in [-0.2, 0) is 9.59 Å². The Hall–Kier alpha value is -0.790. The van der Waals surface area contributed by atoms with Gasteiger partial charge >= 0.3 is 11.9 Å². The molecule has 0 aromatic carbocycles. The van der Waals surface area contributed by atoms with Gasteiger partial charge in [0.1, 0.15) is 12.1 Å². The van der Waals surface area contributed by atoms with Gasteiger partial charge in [0.2, 0.25) is 0 Å². The van der Waals surface area contributed by atoms with Gasteiger partial charge in [0, 0.05) is 5.75 Å². The Morgan fingerprint density at radius 3 is 2.15 bits per heavy atom. The van der Waals surface area contributed by atoms with E-state index in [-0.39, 0.29) is 5.75 Å². The Labute approximate surface area is 80.7 Å². The van der Waals surface area contributed by atoms with E-state index in [0.29, 0.717) is 0 Å². The van der Waals surface area contributed by atoms with Crippen molar-refractivity contribution < 1.29 is 19.8 Å². The molecule has 0 aliphatic carbocycles. The Morgan fingerprint density at radius 2 is 1.85 bits per heavy atom. The molecule has 0 rings (SSSR count). The number of hydrazine groups is 1. The molecule has 0 aromatic rings. The highest BCUT2D eigenvalue weighted by Crippen LogP contribution is 1.87. The van der Waals surface area contributed by atoms with E-state index in [1.54, 1.807) is 0 Å². The molecule has 0 unspecified atom stereocenters. The third-order valence-electron chi connectivity index (χ3n) is 1.33. The summed E-state index contributed by atoms with van der Waals surface area (Å²) >= 11 is 3.78. The van der Waals surface area contributed by atoms with E-state index < -0.39 is 24.0 Å². The number of carboxylic acids is 2. The normalized spacial score (nSPS) is 14.9. The Morgan fingerprint density at radius 1 is 1.31 bits per heavy atom. The topological polar surface area (TPSA) is 98.7 Å². The summed E-state index contributed by atoms with van der Waals surface area (Å²) in [4.78, 5) is 20.7. The Kier molecular flexibility index (Phi) is 5.44. The van der Waals surface area contributed by atoms with Gasteiger partial charge in [-0.05, 0) is 6.92 Å². The minimum absolute atomic E-state index is 0.0780. The molecule has 0 fully saturated rings. The standard InChI is InChI=1S/C6H12N2O4S/c1-3(5(9)10)7-8-4(2-13)6(11)12/h3-4,7-8,13H,2H2,1H3,(H,9,10)(H,11,12)/t3-,4-/m0/s1. The van der Waals surface area contributed by atoms with Gasteiger partial charge in [-0.15, -0.1) is 0 Å². The highest BCUT2D eigenvalue weighted by Gasteiger charge is 2.17. The fourth-order valence-corrected chi connectivity index (χ4v) is 0.720. The lowest BCUT2D eigenvalue weighted by Gasteiger charge is -2.15. The minimum Gasteiger partial charge on any atom is -0.480 e. The number of rotatable bonds is 6. The summed E-state index contributed by atoms with van der Waals surface area (Å²) < 4.78 is 0. The van der Waals surface area contributed by atoms with Gasteiger partial charge in [-0.25, -0.2) is 10.9 Å². The second kappa shape index (κ2) is 5.79. The average molecular weight is 208 g/mol. The maximum atomic E-state index is 10.4. The zero-order valence-corrected chi connectivity index (χ0v) is 7.91. The zero-order chi connectivity index (χ0) is 10.4. The molecule has 6 nitrogen and oxygen atoms in total. The predicted octanol–water partition coefficient (Wildman–Crippen LogP) is -1.06. The van der Waals surface area contributed by atoms with Gasteiger partial charge in [-0.2, -0.15) is 12.6 Å². The Balaban J connectivity index is 3.85. The number of thiol groups is 1. The summed E-state index contributed by atoms with van der Waals surface area (Å²) in [5.74, 6) is -2.06. The van der Waals surface area contributed by atoms with Crippen LogP contribution in [0.1, 0.15) is 6.92 Å². The molecule has 0 bridgehead atoms. The number of hydrogen-bond acceptors (Lipinski definition) is 5. The van der Waals surface area contributed by atoms with Crippen molar-refractivity contribution in [2.45, 2.75) is 19.0 Å². The van der Waals surface area contributed by atoms with Crippen molar-refractivity contribution in [2.24, 2.45) is 0 Å². The average Bonchev–Trinajstić information content (AvgIpc) is 2.04. The van der Waals surface area contributed by atoms with Gasteiger partial charge in [0.25, 0.3) is 0 Å². The molecular weight excluding hydrogens is 196 g/mol. The summed E-state index contributed by atoms with van der Waals surface area (Å²) in [6.45, 7) is 1.40. The highest BCUT2D eigenvalue weighted by atomic mass is 32.1. The summed E-state index contributed by atoms with van der Waals surface area (Å²) in [5, 5.41) is 17.0. The van der Waals surface area contributed by atoms with Crippen molar-refractivity contribution in [1.82, 2.24) is 10.9 Å². The van der Waals surface area contributed by atoms with Gasteiger partial charge < -0.3 is 10.2 Å². The maximum absolute atomic E-state index is 10.4. The lowest BCUT2D eigenvalue weighted by atomic mass is 10.3. The molecular formula is C6H12N2O4S. The number of nitrogens with one attached hydrogen (secondary N) is 2. The first kappa shape index (κ1) is 12.2. The van der Waals surface area contributed by atoms with Crippen LogP contribution in [0, 0.1) is 0 Å². The van der Waals surface area contributed by atoms with Crippen molar-refractivity contribution in [1.29, 1.82) is 0 Å². The van der Waals surface area contributed by atoms with Gasteiger partial charge in [0.05, 0.1) is 0 Å². The lowest BCUT2D eigenvalue weighted by Crippen LogP contribution is -2.52. The van der Waals surface area contributed by atoms with Crippen LogP contribution in [0.4, 0.5) is 0 Å². The maximum Gasteiger partial charge on any atom is 0.322 e. The molecule has 2 atom stereocenters. The molecule has 0 amide bonds. The van der Waals surface area contributed by atoms with E-state index >= 15 is 0 Å². The van der Waals surface area contributed by atoms with E-state index in [1.165, 1.54) is 6.92 Å². The van der Waals surface area contributed by atoms with Crippen molar-refractivity contribution in [3.63, 3.8) is 0 Å². The summed E-state index contributed by atoms with van der Waals surface area (Å²) in [7, 11) is 0. The molecule has 76 valence electrons. The van der Waals surface area contributed by atoms with Crippen molar-refractivity contribution in [2.75, 3.05) is 5.75 Å². The minimum atomic E-state index is -1.08. The fraction of sp³-hybridized carbons (Fsp3) is 0.667. The van der Waals surface area contributed by atoms with E-state index in [0.717, 1.165) is 0 Å². The highest BCUT2D eigenvalue weighted by molar-refractivity contribution is 7.80. The van der Waals surface area contributed by atoms with Crippen LogP contribution in [0.15, 0.2) is 0 Å². The van der Waals surface area contributed by atoms with Crippen LogP contribution >= 0.6 is 12.6 Å². The molecule has 0 saturated heterocycles. The largest absolute Gasteiger partial charge is 0.480 e. The molecule has 0 aromatic heterocycles. The van der Waals surface area contributed by atoms with Crippen molar-refractivity contribution in [3.05, 3.63) is 0 Å². The second-order valence-corrected chi connectivity index (χ2v) is 2.79. The molecule has 7 heteroatoms. The molecule has 0 aliphatic heterocycles. The third kappa shape index (κ3) is 4.71. The third-order valence-corrected chi connectivity index (χ3v) is 1.69. The number of carbonyl (C=O) groups is 2. The predicted molar refractivity (Wildman–Crippen MR) is 48.6 cm³/mol. The molecule has 0 aliphatic rings. The summed E-state index contributed by atoms with van der Waals surface area (Å²) in [6, 6.07) is -1.74. The van der Waals surface area contributed by atoms with Crippen molar-refractivity contribution in [3.8, 4) is 0 Å². The Bertz CT molecular complexity index is 199. The molecule has 0 spiro atoms. The van der Waals surface area contributed by atoms with E-state index in [2.05, 4.69) is 23.5 Å². The summed E-state index contributed by atoms with van der Waals surface area (Å²) in [6.07, 6.45) is 0. The van der Waals surface area contributed by atoms with E-state index in [4.69, 9.17) is 10.2 Å². The number of hydrogen-bond donors (Lipinski definition) is 5. The molecule has 0 saturated carbocycles. The van der Waals surface area contributed by atoms with Crippen LogP contribution in [0.2, 0.25) is 0 Å². The zero-order valence-electron chi connectivity index (χ0n) is 7.02. The van der Waals surface area contributed by atoms with Gasteiger partial charge in [-0.1, -0.05) is 0 Å². The smallest absolute Gasteiger partial charge is 0.322 e. The molecule has 4 N–H and O–H groups in total. The van der Waals surface area contributed by atoms with Gasteiger partial charge in [-0.3, -0.25) is 9.59 Å². The quantitative estimate of drug-likeness (QED) is 0.282. The SMILES string of the molecule is C[C@H](NN[C@@H](CS)C(=O)O)C(=O)O. The number of aliphatic carboxylic acids is 2. The first-order chi connectivity index (χ1) is 5.99. The lowest BCUT2D eigenvalue weighted by molar-refractivity contribution is -0.142. The first-order valence-electron chi connectivity index (χ1n) is 3.56. The molecule has 0 radical (unpaired) electrons. The van der Waals surface area contributed by atoms with E-state index in [9.17, 15) is 9.59 Å². The van der Waals surface area contributed by atoms with Crippen LogP contribution in [0.25, 0.3) is 0 Å². The summed E-state index contributed by atoms with van der Waals surface area (Å²) in [5.41, 5.74) is 4.68. The second-order valence-electron chi connectivity index (χ2n) is 2.42. The first-order valence-corrected chi connectivity index (χ1v) is 4.19. The molecule has 0 heterocycles. The van der Waals surface area contributed by atoms with Crippen LogP contribution in [0.3, 0.4) is 0 Å². The van der Waals surface area contributed by atoms with Crippen LogP contribution in [-0.4, -0.2) is 40.0 Å².